The average Bonchev–Trinajstić information content (AvgIpc) is 3.08. The molecule has 0 atom stereocenters. The van der Waals surface area contributed by atoms with Crippen LogP contribution in [0.15, 0.2) is 41.7 Å². The minimum Gasteiger partial charge on any atom is -0.356 e. The fourth-order valence-corrected chi connectivity index (χ4v) is 3.83. The molecule has 0 unspecified atom stereocenters. The van der Waals surface area contributed by atoms with Gasteiger partial charge in [-0.25, -0.2) is 4.99 Å². The Bertz CT molecular complexity index is 733. The highest BCUT2D eigenvalue weighted by molar-refractivity contribution is 5.79. The third kappa shape index (κ3) is 7.78. The third-order valence-electron chi connectivity index (χ3n) is 5.56. The molecule has 1 fully saturated rings. The Morgan fingerprint density at radius 2 is 1.77 bits per heavy atom. The molecule has 1 aliphatic heterocycles. The van der Waals surface area contributed by atoms with Crippen LogP contribution in [0.4, 0.5) is 0 Å². The fraction of sp³-hybridized carbons (Fsp3) is 0.609. The second kappa shape index (κ2) is 13.0. The molecule has 0 spiro atoms. The van der Waals surface area contributed by atoms with Crippen molar-refractivity contribution in [3.63, 3.8) is 0 Å². The van der Waals surface area contributed by atoms with E-state index in [0.717, 1.165) is 44.3 Å². The van der Waals surface area contributed by atoms with Crippen molar-refractivity contribution in [3.8, 4) is 0 Å². The molecule has 7 heteroatoms. The maximum atomic E-state index is 4.80. The largest absolute Gasteiger partial charge is 0.356 e. The summed E-state index contributed by atoms with van der Waals surface area (Å²) in [4.78, 5) is 7.41. The van der Waals surface area contributed by atoms with Gasteiger partial charge in [0.15, 0.2) is 5.96 Å². The van der Waals surface area contributed by atoms with Crippen LogP contribution in [-0.2, 0) is 19.5 Å². The lowest BCUT2D eigenvalue weighted by atomic mass is 10.2. The van der Waals surface area contributed by atoms with Crippen LogP contribution < -0.4 is 10.6 Å². The maximum Gasteiger partial charge on any atom is 0.191 e. The molecule has 2 aromatic rings. The van der Waals surface area contributed by atoms with Gasteiger partial charge in [-0.05, 0) is 44.5 Å². The van der Waals surface area contributed by atoms with E-state index < -0.39 is 0 Å². The SMILES string of the molecule is CCc1nncn1CCNC(=NCc1ccccc1)NCCCN1CCCCCC1. The zero-order chi connectivity index (χ0) is 20.9. The summed E-state index contributed by atoms with van der Waals surface area (Å²) in [5, 5.41) is 15.2. The number of nitrogens with zero attached hydrogens (tertiary/aromatic N) is 5. The van der Waals surface area contributed by atoms with Crippen molar-refractivity contribution < 1.29 is 0 Å². The van der Waals surface area contributed by atoms with Gasteiger partial charge in [0.1, 0.15) is 12.2 Å². The lowest BCUT2D eigenvalue weighted by Crippen LogP contribution is -2.40. The van der Waals surface area contributed by atoms with Crippen molar-refractivity contribution in [1.29, 1.82) is 0 Å². The maximum absolute atomic E-state index is 4.80. The third-order valence-corrected chi connectivity index (χ3v) is 5.56. The van der Waals surface area contributed by atoms with E-state index in [4.69, 9.17) is 4.99 Å². The molecule has 0 saturated carbocycles. The summed E-state index contributed by atoms with van der Waals surface area (Å²) in [5.74, 6) is 1.89. The molecule has 2 heterocycles. The number of likely N-dealkylation sites (tertiary alicyclic amines) is 1. The molecule has 0 amide bonds. The fourth-order valence-electron chi connectivity index (χ4n) is 3.83. The van der Waals surface area contributed by atoms with Gasteiger partial charge in [0.25, 0.3) is 0 Å². The Kier molecular flexibility index (Phi) is 9.66. The van der Waals surface area contributed by atoms with E-state index in [0.29, 0.717) is 6.54 Å². The summed E-state index contributed by atoms with van der Waals surface area (Å²) in [6.45, 7) is 9.01. The summed E-state index contributed by atoms with van der Waals surface area (Å²) in [6.07, 6.45) is 9.31. The minimum absolute atomic E-state index is 0.676. The van der Waals surface area contributed by atoms with Gasteiger partial charge in [-0.3, -0.25) is 0 Å². The monoisotopic (exact) mass is 411 g/mol. The Morgan fingerprint density at radius 1 is 1.00 bits per heavy atom. The van der Waals surface area contributed by atoms with E-state index >= 15 is 0 Å². The van der Waals surface area contributed by atoms with E-state index in [1.165, 1.54) is 50.9 Å². The smallest absolute Gasteiger partial charge is 0.191 e. The van der Waals surface area contributed by atoms with Gasteiger partial charge in [-0.2, -0.15) is 0 Å². The molecular weight excluding hydrogens is 374 g/mol. The first-order valence-corrected chi connectivity index (χ1v) is 11.5. The van der Waals surface area contributed by atoms with Crippen LogP contribution >= 0.6 is 0 Å². The van der Waals surface area contributed by atoms with E-state index in [1.54, 1.807) is 6.33 Å². The molecule has 30 heavy (non-hydrogen) atoms. The van der Waals surface area contributed by atoms with Crippen LogP contribution in [0.3, 0.4) is 0 Å². The quantitative estimate of drug-likeness (QED) is 0.357. The standard InChI is InChI=1S/C23H37N7/c1-2-22-28-27-20-30(22)18-14-25-23(26-19-21-11-6-5-7-12-21)24-13-10-17-29-15-8-3-4-9-16-29/h5-7,11-12,20H,2-4,8-10,13-19H2,1H3,(H2,24,25,26). The molecular formula is C23H37N7. The van der Waals surface area contributed by atoms with Crippen LogP contribution in [-0.4, -0.2) is 58.3 Å². The molecule has 1 aromatic heterocycles. The second-order valence-corrected chi connectivity index (χ2v) is 7.91. The Hall–Kier alpha value is -2.41. The van der Waals surface area contributed by atoms with Gasteiger partial charge in [-0.15, -0.1) is 10.2 Å². The average molecular weight is 412 g/mol. The van der Waals surface area contributed by atoms with Crippen molar-refractivity contribution >= 4 is 5.96 Å². The first kappa shape index (κ1) is 22.3. The van der Waals surface area contributed by atoms with Crippen molar-refractivity contribution in [2.24, 2.45) is 4.99 Å². The van der Waals surface area contributed by atoms with Crippen molar-refractivity contribution in [2.45, 2.75) is 58.5 Å². The predicted molar refractivity (Wildman–Crippen MR) is 123 cm³/mol. The zero-order valence-electron chi connectivity index (χ0n) is 18.4. The normalized spacial score (nSPS) is 15.7. The van der Waals surface area contributed by atoms with E-state index in [9.17, 15) is 0 Å². The number of rotatable bonds is 10. The molecule has 7 nitrogen and oxygen atoms in total. The summed E-state index contributed by atoms with van der Waals surface area (Å²) in [5.41, 5.74) is 1.22. The zero-order valence-corrected chi connectivity index (χ0v) is 18.4. The molecule has 1 aliphatic rings. The van der Waals surface area contributed by atoms with Gasteiger partial charge >= 0.3 is 0 Å². The highest BCUT2D eigenvalue weighted by atomic mass is 15.3. The number of aryl methyl sites for hydroxylation is 1. The lowest BCUT2D eigenvalue weighted by Gasteiger charge is -2.20. The molecule has 0 aliphatic carbocycles. The van der Waals surface area contributed by atoms with Crippen molar-refractivity contribution in [2.75, 3.05) is 32.7 Å². The summed E-state index contributed by atoms with van der Waals surface area (Å²) in [7, 11) is 0. The number of benzene rings is 1. The van der Waals surface area contributed by atoms with Crippen LogP contribution in [0, 0.1) is 0 Å². The van der Waals surface area contributed by atoms with Crippen molar-refractivity contribution in [3.05, 3.63) is 48.0 Å². The molecule has 0 bridgehead atoms. The number of nitrogens with one attached hydrogen (secondary N) is 2. The van der Waals surface area contributed by atoms with Crippen LogP contribution in [0.25, 0.3) is 0 Å². The lowest BCUT2D eigenvalue weighted by molar-refractivity contribution is 0.282. The Labute approximate surface area is 181 Å². The highest BCUT2D eigenvalue weighted by Crippen LogP contribution is 2.09. The first-order valence-electron chi connectivity index (χ1n) is 11.5. The summed E-state index contributed by atoms with van der Waals surface area (Å²) < 4.78 is 2.10. The molecule has 1 saturated heterocycles. The molecule has 2 N–H and O–H groups in total. The van der Waals surface area contributed by atoms with Gasteiger partial charge in [0.05, 0.1) is 6.54 Å². The molecule has 3 rings (SSSR count). The van der Waals surface area contributed by atoms with Crippen LogP contribution in [0.2, 0.25) is 0 Å². The summed E-state index contributed by atoms with van der Waals surface area (Å²) in [6, 6.07) is 10.4. The Balaban J connectivity index is 1.46. The van der Waals surface area contributed by atoms with Gasteiger partial charge < -0.3 is 20.1 Å². The van der Waals surface area contributed by atoms with E-state index in [-0.39, 0.29) is 0 Å². The van der Waals surface area contributed by atoms with Crippen LogP contribution in [0.1, 0.15) is 50.4 Å². The molecule has 164 valence electrons. The number of guanidine groups is 1. The van der Waals surface area contributed by atoms with E-state index in [2.05, 4.69) is 61.5 Å². The predicted octanol–water partition coefficient (Wildman–Crippen LogP) is 2.84. The van der Waals surface area contributed by atoms with Gasteiger partial charge in [-0.1, -0.05) is 50.1 Å². The number of aliphatic imine (C=N–C) groups is 1. The molecule has 0 radical (unpaired) electrons. The Morgan fingerprint density at radius 3 is 2.53 bits per heavy atom. The topological polar surface area (TPSA) is 70.4 Å². The first-order chi connectivity index (χ1) is 14.8. The van der Waals surface area contributed by atoms with Gasteiger partial charge in [0, 0.05) is 26.1 Å². The highest BCUT2D eigenvalue weighted by Gasteiger charge is 2.08. The molecule has 1 aromatic carbocycles. The second-order valence-electron chi connectivity index (χ2n) is 7.91. The van der Waals surface area contributed by atoms with E-state index in [1.807, 2.05) is 6.07 Å². The minimum atomic E-state index is 0.676. The van der Waals surface area contributed by atoms with Crippen molar-refractivity contribution in [1.82, 2.24) is 30.3 Å². The van der Waals surface area contributed by atoms with Gasteiger partial charge in [0.2, 0.25) is 0 Å². The summed E-state index contributed by atoms with van der Waals surface area (Å²) >= 11 is 0. The van der Waals surface area contributed by atoms with Crippen LogP contribution in [0.5, 0.6) is 0 Å². The number of hydrogen-bond donors (Lipinski definition) is 2. The number of aromatic nitrogens is 3. The number of hydrogen-bond acceptors (Lipinski definition) is 4.